The molecular formula is C17H32N4O2. The fourth-order valence-corrected chi connectivity index (χ4v) is 3.78. The van der Waals surface area contributed by atoms with Crippen molar-refractivity contribution in [2.45, 2.75) is 57.9 Å². The van der Waals surface area contributed by atoms with Crippen LogP contribution in [0.15, 0.2) is 4.99 Å². The Morgan fingerprint density at radius 2 is 1.96 bits per heavy atom. The molecule has 0 aromatic heterocycles. The standard InChI is InChI=1S/C17H32N4O2/c1-4-17(9-5-6-10-17)13-19-15(18-2)20-14-7-11-21(12-8-14)16(22)23-3/h14H,4-13H2,1-3H3,(H2,18,19,20). The number of likely N-dealkylation sites (tertiary alicyclic amines) is 1. The largest absolute Gasteiger partial charge is 0.453 e. The average Bonchev–Trinajstić information content (AvgIpc) is 3.08. The fourth-order valence-electron chi connectivity index (χ4n) is 3.78. The van der Waals surface area contributed by atoms with Crippen LogP contribution in [-0.2, 0) is 4.74 Å². The van der Waals surface area contributed by atoms with Crippen molar-refractivity contribution in [3.63, 3.8) is 0 Å². The van der Waals surface area contributed by atoms with Gasteiger partial charge in [0.25, 0.3) is 0 Å². The molecule has 23 heavy (non-hydrogen) atoms. The minimum Gasteiger partial charge on any atom is -0.453 e. The molecule has 1 heterocycles. The van der Waals surface area contributed by atoms with Gasteiger partial charge in [0.1, 0.15) is 0 Å². The van der Waals surface area contributed by atoms with Crippen LogP contribution in [0.2, 0.25) is 0 Å². The number of rotatable bonds is 4. The summed E-state index contributed by atoms with van der Waals surface area (Å²) in [5.41, 5.74) is 0.450. The van der Waals surface area contributed by atoms with E-state index in [1.807, 2.05) is 7.05 Å². The Kier molecular flexibility index (Phi) is 6.54. The SMILES string of the molecule is CCC1(CNC(=NC)NC2CCN(C(=O)OC)CC2)CCCC1. The number of carbonyl (C=O) groups is 1. The Morgan fingerprint density at radius 3 is 2.48 bits per heavy atom. The van der Waals surface area contributed by atoms with E-state index in [-0.39, 0.29) is 6.09 Å². The van der Waals surface area contributed by atoms with Gasteiger partial charge in [-0.3, -0.25) is 4.99 Å². The third-order valence-corrected chi connectivity index (χ3v) is 5.54. The van der Waals surface area contributed by atoms with Crippen molar-refractivity contribution in [3.05, 3.63) is 0 Å². The number of piperidine rings is 1. The fraction of sp³-hybridized carbons (Fsp3) is 0.882. The molecule has 0 radical (unpaired) electrons. The summed E-state index contributed by atoms with van der Waals surface area (Å²) in [6, 6.07) is 0.364. The number of hydrogen-bond donors (Lipinski definition) is 2. The number of nitrogens with one attached hydrogen (secondary N) is 2. The molecule has 0 atom stereocenters. The molecule has 2 aliphatic rings. The van der Waals surface area contributed by atoms with Gasteiger partial charge >= 0.3 is 6.09 Å². The van der Waals surface area contributed by atoms with Crippen LogP contribution in [0.3, 0.4) is 0 Å². The van der Waals surface area contributed by atoms with Crippen molar-refractivity contribution in [2.75, 3.05) is 33.8 Å². The zero-order valence-corrected chi connectivity index (χ0v) is 14.9. The number of amides is 1. The first-order chi connectivity index (χ1) is 11.1. The molecule has 1 aliphatic heterocycles. The van der Waals surface area contributed by atoms with Crippen LogP contribution in [0.4, 0.5) is 4.79 Å². The van der Waals surface area contributed by atoms with Crippen LogP contribution < -0.4 is 10.6 Å². The Balaban J connectivity index is 1.76. The van der Waals surface area contributed by atoms with Gasteiger partial charge in [-0.1, -0.05) is 19.8 Å². The van der Waals surface area contributed by atoms with Gasteiger partial charge in [0.05, 0.1) is 7.11 Å². The Hall–Kier alpha value is -1.46. The van der Waals surface area contributed by atoms with Crippen LogP contribution in [-0.4, -0.2) is 56.8 Å². The number of nitrogens with zero attached hydrogens (tertiary/aromatic N) is 2. The highest BCUT2D eigenvalue weighted by Gasteiger charge is 2.32. The molecule has 1 saturated carbocycles. The van der Waals surface area contributed by atoms with Gasteiger partial charge in [0, 0.05) is 32.7 Å². The van der Waals surface area contributed by atoms with Gasteiger partial charge in [-0.25, -0.2) is 4.79 Å². The molecule has 0 unspecified atom stereocenters. The lowest BCUT2D eigenvalue weighted by atomic mass is 9.83. The maximum Gasteiger partial charge on any atom is 0.409 e. The summed E-state index contributed by atoms with van der Waals surface area (Å²) >= 11 is 0. The predicted molar refractivity (Wildman–Crippen MR) is 92.7 cm³/mol. The summed E-state index contributed by atoms with van der Waals surface area (Å²) in [7, 11) is 3.26. The van der Waals surface area contributed by atoms with Crippen LogP contribution in [0.25, 0.3) is 0 Å². The second kappa shape index (κ2) is 8.41. The lowest BCUT2D eigenvalue weighted by Gasteiger charge is -2.33. The average molecular weight is 324 g/mol. The summed E-state index contributed by atoms with van der Waals surface area (Å²) in [4.78, 5) is 17.6. The highest BCUT2D eigenvalue weighted by atomic mass is 16.5. The van der Waals surface area contributed by atoms with Crippen molar-refractivity contribution >= 4 is 12.1 Å². The first kappa shape index (κ1) is 17.9. The summed E-state index contributed by atoms with van der Waals surface area (Å²) in [6.45, 7) is 4.77. The van der Waals surface area contributed by atoms with Gasteiger partial charge in [-0.05, 0) is 37.5 Å². The minimum absolute atomic E-state index is 0.225. The van der Waals surface area contributed by atoms with Crippen LogP contribution >= 0.6 is 0 Å². The lowest BCUT2D eigenvalue weighted by molar-refractivity contribution is 0.111. The van der Waals surface area contributed by atoms with Crippen molar-refractivity contribution < 1.29 is 9.53 Å². The van der Waals surface area contributed by atoms with E-state index in [2.05, 4.69) is 22.5 Å². The Morgan fingerprint density at radius 1 is 1.30 bits per heavy atom. The molecule has 132 valence electrons. The van der Waals surface area contributed by atoms with Crippen molar-refractivity contribution in [2.24, 2.45) is 10.4 Å². The zero-order chi connectivity index (χ0) is 16.7. The van der Waals surface area contributed by atoms with Crippen molar-refractivity contribution in [1.29, 1.82) is 0 Å². The van der Waals surface area contributed by atoms with E-state index in [4.69, 9.17) is 4.74 Å². The number of guanidine groups is 1. The van der Waals surface area contributed by atoms with Gasteiger partial charge in [-0.2, -0.15) is 0 Å². The third-order valence-electron chi connectivity index (χ3n) is 5.54. The number of hydrogen-bond acceptors (Lipinski definition) is 3. The normalized spacial score (nSPS) is 22.0. The highest BCUT2D eigenvalue weighted by molar-refractivity contribution is 5.80. The first-order valence-corrected chi connectivity index (χ1v) is 8.92. The van der Waals surface area contributed by atoms with Gasteiger partial charge in [0.15, 0.2) is 5.96 Å². The molecular weight excluding hydrogens is 292 g/mol. The van der Waals surface area contributed by atoms with Gasteiger partial charge < -0.3 is 20.3 Å². The van der Waals surface area contributed by atoms with E-state index < -0.39 is 0 Å². The van der Waals surface area contributed by atoms with E-state index in [0.717, 1.165) is 38.4 Å². The predicted octanol–water partition coefficient (Wildman–Crippen LogP) is 2.35. The maximum absolute atomic E-state index is 11.5. The molecule has 0 spiro atoms. The number of aliphatic imine (C=N–C) groups is 1. The van der Waals surface area contributed by atoms with Gasteiger partial charge in [-0.15, -0.1) is 0 Å². The molecule has 0 bridgehead atoms. The zero-order valence-electron chi connectivity index (χ0n) is 14.9. The third kappa shape index (κ3) is 4.75. The molecule has 0 aromatic rings. The van der Waals surface area contributed by atoms with Crippen molar-refractivity contribution in [1.82, 2.24) is 15.5 Å². The molecule has 1 saturated heterocycles. The molecule has 2 N–H and O–H groups in total. The van der Waals surface area contributed by atoms with E-state index in [1.54, 1.807) is 4.90 Å². The number of ether oxygens (including phenoxy) is 1. The maximum atomic E-state index is 11.5. The highest BCUT2D eigenvalue weighted by Crippen LogP contribution is 2.40. The molecule has 0 aromatic carbocycles. The van der Waals surface area contributed by atoms with E-state index in [9.17, 15) is 4.79 Å². The summed E-state index contributed by atoms with van der Waals surface area (Å²) in [6.07, 6.45) is 8.21. The minimum atomic E-state index is -0.225. The second-order valence-electron chi connectivity index (χ2n) is 6.86. The molecule has 2 rings (SSSR count). The monoisotopic (exact) mass is 324 g/mol. The first-order valence-electron chi connectivity index (χ1n) is 8.92. The molecule has 1 aliphatic carbocycles. The molecule has 6 heteroatoms. The van der Waals surface area contributed by atoms with Crippen molar-refractivity contribution in [3.8, 4) is 0 Å². The topological polar surface area (TPSA) is 66.0 Å². The van der Waals surface area contributed by atoms with E-state index in [0.29, 0.717) is 11.5 Å². The smallest absolute Gasteiger partial charge is 0.409 e. The summed E-state index contributed by atoms with van der Waals surface area (Å²) in [5, 5.41) is 7.04. The van der Waals surface area contributed by atoms with Crippen LogP contribution in [0, 0.1) is 5.41 Å². The van der Waals surface area contributed by atoms with Crippen LogP contribution in [0.5, 0.6) is 0 Å². The lowest BCUT2D eigenvalue weighted by Crippen LogP contribution is -2.51. The summed E-state index contributed by atoms with van der Waals surface area (Å²) in [5.74, 6) is 0.890. The van der Waals surface area contributed by atoms with Crippen LogP contribution in [0.1, 0.15) is 51.9 Å². The Bertz CT molecular complexity index is 411. The van der Waals surface area contributed by atoms with Gasteiger partial charge in [0.2, 0.25) is 0 Å². The quantitative estimate of drug-likeness (QED) is 0.615. The number of carbonyl (C=O) groups excluding carboxylic acids is 1. The van der Waals surface area contributed by atoms with E-state index in [1.165, 1.54) is 39.2 Å². The second-order valence-corrected chi connectivity index (χ2v) is 6.86. The number of methoxy groups -OCH3 is 1. The Labute approximate surface area is 140 Å². The molecule has 2 fully saturated rings. The molecule has 6 nitrogen and oxygen atoms in total. The van der Waals surface area contributed by atoms with E-state index >= 15 is 0 Å². The summed E-state index contributed by atoms with van der Waals surface area (Å²) < 4.78 is 4.78. The molecule has 1 amide bonds.